The molecule has 0 saturated heterocycles. The summed E-state index contributed by atoms with van der Waals surface area (Å²) in [4.78, 5) is 12.2. The van der Waals surface area contributed by atoms with Gasteiger partial charge in [-0.3, -0.25) is 10.1 Å². The molecule has 0 amide bonds. The van der Waals surface area contributed by atoms with E-state index in [-0.39, 0.29) is 5.97 Å². The average molecular weight is 269 g/mol. The van der Waals surface area contributed by atoms with Crippen LogP contribution >= 0.6 is 0 Å². The Labute approximate surface area is 118 Å². The lowest BCUT2D eigenvalue weighted by atomic mass is 9.92. The van der Waals surface area contributed by atoms with E-state index in [4.69, 9.17) is 4.74 Å². The molecule has 0 aromatic heterocycles. The Morgan fingerprint density at radius 3 is 2.47 bits per heavy atom. The third-order valence-corrected chi connectivity index (χ3v) is 4.13. The van der Waals surface area contributed by atoms with Crippen molar-refractivity contribution in [2.45, 2.75) is 90.1 Å². The minimum absolute atomic E-state index is 0.0709. The highest BCUT2D eigenvalue weighted by Gasteiger charge is 2.36. The number of carbonyl (C=O) groups is 1. The van der Waals surface area contributed by atoms with Gasteiger partial charge in [0.2, 0.25) is 0 Å². The maximum Gasteiger partial charge on any atom is 0.326 e. The number of nitrogens with one attached hydrogen (secondary N) is 1. The summed E-state index contributed by atoms with van der Waals surface area (Å²) in [5.74, 6) is -0.0709. The van der Waals surface area contributed by atoms with Gasteiger partial charge in [-0.1, -0.05) is 45.4 Å². The van der Waals surface area contributed by atoms with Gasteiger partial charge < -0.3 is 4.74 Å². The minimum Gasteiger partial charge on any atom is -0.465 e. The molecule has 0 aromatic rings. The lowest BCUT2D eigenvalue weighted by Gasteiger charge is -2.32. The summed E-state index contributed by atoms with van der Waals surface area (Å²) in [5.41, 5.74) is -0.487. The van der Waals surface area contributed by atoms with Gasteiger partial charge in [0.15, 0.2) is 0 Å². The fourth-order valence-corrected chi connectivity index (χ4v) is 2.95. The molecule has 1 fully saturated rings. The van der Waals surface area contributed by atoms with Crippen LogP contribution in [0.5, 0.6) is 0 Å². The molecule has 1 atom stereocenters. The Balaban J connectivity index is 2.51. The molecule has 0 radical (unpaired) electrons. The van der Waals surface area contributed by atoms with Gasteiger partial charge in [-0.15, -0.1) is 0 Å². The first-order valence-corrected chi connectivity index (χ1v) is 8.07. The topological polar surface area (TPSA) is 38.3 Å². The van der Waals surface area contributed by atoms with Gasteiger partial charge in [0.05, 0.1) is 6.61 Å². The number of rotatable bonds is 9. The normalized spacial score (nSPS) is 19.3. The third-order valence-electron chi connectivity index (χ3n) is 4.13. The second-order valence-corrected chi connectivity index (χ2v) is 5.99. The number of esters is 1. The van der Waals surface area contributed by atoms with Crippen LogP contribution in [-0.2, 0) is 9.53 Å². The standard InChI is InChI=1S/C16H31NO2/c1-4-6-7-10-13-16(3,15(18)19-5-2)17-14-11-8-9-12-14/h14,17H,4-13H2,1-3H3. The Hall–Kier alpha value is -0.570. The molecule has 1 aliphatic carbocycles. The van der Waals surface area contributed by atoms with Crippen molar-refractivity contribution in [3.05, 3.63) is 0 Å². The van der Waals surface area contributed by atoms with Crippen LogP contribution in [0.3, 0.4) is 0 Å². The molecule has 0 spiro atoms. The number of unbranched alkanes of at least 4 members (excludes halogenated alkanes) is 3. The number of carbonyl (C=O) groups excluding carboxylic acids is 1. The van der Waals surface area contributed by atoms with Crippen LogP contribution in [-0.4, -0.2) is 24.2 Å². The molecule has 0 aliphatic heterocycles. The smallest absolute Gasteiger partial charge is 0.326 e. The van der Waals surface area contributed by atoms with Crippen molar-refractivity contribution in [2.75, 3.05) is 6.61 Å². The van der Waals surface area contributed by atoms with Crippen LogP contribution in [0.1, 0.15) is 78.6 Å². The number of hydrogen-bond acceptors (Lipinski definition) is 3. The zero-order valence-corrected chi connectivity index (χ0v) is 13.0. The largest absolute Gasteiger partial charge is 0.465 e. The van der Waals surface area contributed by atoms with Crippen LogP contribution in [0.2, 0.25) is 0 Å². The highest BCUT2D eigenvalue weighted by molar-refractivity contribution is 5.80. The maximum atomic E-state index is 12.2. The van der Waals surface area contributed by atoms with Gasteiger partial charge in [-0.25, -0.2) is 0 Å². The first-order chi connectivity index (χ1) is 9.12. The fraction of sp³-hybridized carbons (Fsp3) is 0.938. The molecule has 19 heavy (non-hydrogen) atoms. The van der Waals surface area contributed by atoms with Crippen LogP contribution in [0.15, 0.2) is 0 Å². The Morgan fingerprint density at radius 2 is 1.89 bits per heavy atom. The van der Waals surface area contributed by atoms with Crippen molar-refractivity contribution >= 4 is 5.97 Å². The predicted octanol–water partition coefficient (Wildman–Crippen LogP) is 3.81. The van der Waals surface area contributed by atoms with Crippen molar-refractivity contribution < 1.29 is 9.53 Å². The highest BCUT2D eigenvalue weighted by Crippen LogP contribution is 2.24. The summed E-state index contributed by atoms with van der Waals surface area (Å²) in [6.45, 7) is 6.58. The molecule has 1 saturated carbocycles. The van der Waals surface area contributed by atoms with Gasteiger partial charge in [-0.2, -0.15) is 0 Å². The molecule has 1 rings (SSSR count). The molecule has 1 N–H and O–H groups in total. The van der Waals surface area contributed by atoms with Gasteiger partial charge in [0.1, 0.15) is 5.54 Å². The van der Waals surface area contributed by atoms with E-state index in [2.05, 4.69) is 12.2 Å². The molecule has 112 valence electrons. The summed E-state index contributed by atoms with van der Waals surface area (Å²) in [6.07, 6.45) is 10.6. The molecule has 1 unspecified atom stereocenters. The second-order valence-electron chi connectivity index (χ2n) is 5.99. The Bertz CT molecular complexity index is 261. The van der Waals surface area contributed by atoms with Crippen LogP contribution in [0.4, 0.5) is 0 Å². The summed E-state index contributed by atoms with van der Waals surface area (Å²) >= 11 is 0. The van der Waals surface area contributed by atoms with Gasteiger partial charge in [-0.05, 0) is 33.1 Å². The SMILES string of the molecule is CCCCCCC(C)(NC1CCCC1)C(=O)OCC. The quantitative estimate of drug-likeness (QED) is 0.511. The molecule has 1 aliphatic rings. The first-order valence-electron chi connectivity index (χ1n) is 8.07. The van der Waals surface area contributed by atoms with Crippen LogP contribution in [0, 0.1) is 0 Å². The summed E-state index contributed by atoms with van der Waals surface area (Å²) < 4.78 is 5.27. The zero-order chi connectivity index (χ0) is 14.1. The van der Waals surface area contributed by atoms with Crippen molar-refractivity contribution in [1.29, 1.82) is 0 Å². The fourth-order valence-electron chi connectivity index (χ4n) is 2.95. The Morgan fingerprint density at radius 1 is 1.21 bits per heavy atom. The molecular weight excluding hydrogens is 238 g/mol. The third kappa shape index (κ3) is 5.52. The lowest BCUT2D eigenvalue weighted by Crippen LogP contribution is -2.54. The number of ether oxygens (including phenoxy) is 1. The van der Waals surface area contributed by atoms with Gasteiger partial charge in [0, 0.05) is 6.04 Å². The highest BCUT2D eigenvalue weighted by atomic mass is 16.5. The molecule has 3 heteroatoms. The van der Waals surface area contributed by atoms with E-state index in [0.717, 1.165) is 12.8 Å². The van der Waals surface area contributed by atoms with Crippen molar-refractivity contribution in [3.63, 3.8) is 0 Å². The van der Waals surface area contributed by atoms with E-state index < -0.39 is 5.54 Å². The van der Waals surface area contributed by atoms with E-state index in [1.54, 1.807) is 0 Å². The monoisotopic (exact) mass is 269 g/mol. The van der Waals surface area contributed by atoms with Crippen molar-refractivity contribution in [3.8, 4) is 0 Å². The summed E-state index contributed by atoms with van der Waals surface area (Å²) in [6, 6.07) is 0.501. The second kappa shape index (κ2) is 8.57. The van der Waals surface area contributed by atoms with E-state index in [1.807, 2.05) is 13.8 Å². The molecule has 0 heterocycles. The summed E-state index contributed by atoms with van der Waals surface area (Å²) in [5, 5.41) is 3.58. The maximum absolute atomic E-state index is 12.2. The first kappa shape index (κ1) is 16.5. The lowest BCUT2D eigenvalue weighted by molar-refractivity contribution is -0.151. The molecular formula is C16H31NO2. The van der Waals surface area contributed by atoms with E-state index in [9.17, 15) is 4.79 Å². The van der Waals surface area contributed by atoms with Crippen molar-refractivity contribution in [2.24, 2.45) is 0 Å². The molecule has 0 bridgehead atoms. The van der Waals surface area contributed by atoms with Crippen LogP contribution < -0.4 is 5.32 Å². The zero-order valence-electron chi connectivity index (χ0n) is 13.0. The number of hydrogen-bond donors (Lipinski definition) is 1. The molecule has 3 nitrogen and oxygen atoms in total. The summed E-state index contributed by atoms with van der Waals surface area (Å²) in [7, 11) is 0. The minimum atomic E-state index is -0.487. The van der Waals surface area contributed by atoms with E-state index >= 15 is 0 Å². The average Bonchev–Trinajstić information content (AvgIpc) is 2.87. The van der Waals surface area contributed by atoms with Gasteiger partial charge in [0.25, 0.3) is 0 Å². The Kier molecular flexibility index (Phi) is 7.44. The predicted molar refractivity (Wildman–Crippen MR) is 79.2 cm³/mol. The van der Waals surface area contributed by atoms with E-state index in [1.165, 1.54) is 44.9 Å². The van der Waals surface area contributed by atoms with Crippen molar-refractivity contribution in [1.82, 2.24) is 5.32 Å². The van der Waals surface area contributed by atoms with E-state index in [0.29, 0.717) is 12.6 Å². The van der Waals surface area contributed by atoms with Gasteiger partial charge >= 0.3 is 5.97 Å². The molecule has 0 aromatic carbocycles. The van der Waals surface area contributed by atoms with Crippen LogP contribution in [0.25, 0.3) is 0 Å².